The number of amides is 1. The molecule has 1 heterocycles. The van der Waals surface area contributed by atoms with E-state index in [-0.39, 0.29) is 17.8 Å². The van der Waals surface area contributed by atoms with Crippen molar-refractivity contribution in [2.45, 2.75) is 19.5 Å². The Hall–Kier alpha value is -2.42. The molecular weight excluding hydrogens is 441 g/mol. The molecule has 3 rings (SSSR count). The van der Waals surface area contributed by atoms with E-state index in [9.17, 15) is 17.6 Å². The van der Waals surface area contributed by atoms with Crippen molar-refractivity contribution in [1.82, 2.24) is 9.80 Å². The molecule has 2 aromatic rings. The lowest BCUT2D eigenvalue weighted by Gasteiger charge is -2.39. The summed E-state index contributed by atoms with van der Waals surface area (Å²) in [4.78, 5) is 16.8. The first-order chi connectivity index (χ1) is 14.6. The standard InChI is InChI=1S/C22H25ClFN3O3S/c1-16-14-26(15-17-3-8-20(24)9-4-17)11-12-27(16)22(28)10-6-18-5-7-19(23)13-21(18)25-31(2,29)30/h3-10,13,16,25H,11-12,14-15H2,1-2H3. The molecule has 1 amide bonds. The van der Waals surface area contributed by atoms with Gasteiger partial charge in [0, 0.05) is 43.3 Å². The summed E-state index contributed by atoms with van der Waals surface area (Å²) in [6.07, 6.45) is 4.09. The quantitative estimate of drug-likeness (QED) is 0.662. The smallest absolute Gasteiger partial charge is 0.246 e. The third-order valence-electron chi connectivity index (χ3n) is 5.03. The largest absolute Gasteiger partial charge is 0.334 e. The van der Waals surface area contributed by atoms with Gasteiger partial charge in [0.05, 0.1) is 11.9 Å². The average Bonchev–Trinajstić information content (AvgIpc) is 2.68. The molecule has 1 unspecified atom stereocenters. The fourth-order valence-corrected chi connectivity index (χ4v) is 4.32. The molecule has 1 atom stereocenters. The fourth-order valence-electron chi connectivity index (χ4n) is 3.57. The minimum Gasteiger partial charge on any atom is -0.334 e. The van der Waals surface area contributed by atoms with Crippen LogP contribution in [0.3, 0.4) is 0 Å². The van der Waals surface area contributed by atoms with Crippen molar-refractivity contribution in [2.24, 2.45) is 0 Å². The highest BCUT2D eigenvalue weighted by atomic mass is 35.5. The number of hydrogen-bond donors (Lipinski definition) is 1. The highest BCUT2D eigenvalue weighted by Gasteiger charge is 2.26. The van der Waals surface area contributed by atoms with Crippen molar-refractivity contribution in [3.63, 3.8) is 0 Å². The average molecular weight is 466 g/mol. The lowest BCUT2D eigenvalue weighted by molar-refractivity contribution is -0.130. The first kappa shape index (κ1) is 23.2. The normalized spacial score (nSPS) is 17.8. The summed E-state index contributed by atoms with van der Waals surface area (Å²) in [5, 5.41) is 0.389. The van der Waals surface area contributed by atoms with E-state index in [1.54, 1.807) is 35.2 Å². The lowest BCUT2D eigenvalue weighted by Crippen LogP contribution is -2.53. The van der Waals surface area contributed by atoms with E-state index in [1.165, 1.54) is 24.3 Å². The molecule has 9 heteroatoms. The van der Waals surface area contributed by atoms with E-state index in [0.29, 0.717) is 42.5 Å². The maximum atomic E-state index is 13.1. The van der Waals surface area contributed by atoms with Crippen LogP contribution in [-0.4, -0.2) is 56.1 Å². The van der Waals surface area contributed by atoms with Crippen LogP contribution >= 0.6 is 11.6 Å². The molecule has 6 nitrogen and oxygen atoms in total. The zero-order chi connectivity index (χ0) is 22.6. The van der Waals surface area contributed by atoms with E-state index in [1.807, 2.05) is 6.92 Å². The van der Waals surface area contributed by atoms with Crippen molar-refractivity contribution in [3.05, 3.63) is 70.5 Å². The van der Waals surface area contributed by atoms with E-state index in [0.717, 1.165) is 11.8 Å². The van der Waals surface area contributed by atoms with Crippen molar-refractivity contribution in [2.75, 3.05) is 30.6 Å². The first-order valence-electron chi connectivity index (χ1n) is 9.83. The maximum Gasteiger partial charge on any atom is 0.246 e. The van der Waals surface area contributed by atoms with E-state index in [2.05, 4.69) is 9.62 Å². The maximum absolute atomic E-state index is 13.1. The Morgan fingerprint density at radius 2 is 1.94 bits per heavy atom. The highest BCUT2D eigenvalue weighted by molar-refractivity contribution is 7.92. The molecule has 0 aliphatic carbocycles. The highest BCUT2D eigenvalue weighted by Crippen LogP contribution is 2.23. The summed E-state index contributed by atoms with van der Waals surface area (Å²) < 4.78 is 38.7. The molecule has 166 valence electrons. The molecule has 1 aliphatic rings. The van der Waals surface area contributed by atoms with Crippen LogP contribution in [0.25, 0.3) is 6.08 Å². The predicted octanol–water partition coefficient (Wildman–Crippen LogP) is 3.60. The van der Waals surface area contributed by atoms with Gasteiger partial charge in [-0.05, 0) is 48.4 Å². The van der Waals surface area contributed by atoms with Crippen LogP contribution in [0, 0.1) is 5.82 Å². The van der Waals surface area contributed by atoms with Crippen LogP contribution in [0.4, 0.5) is 10.1 Å². The number of carbonyl (C=O) groups is 1. The molecule has 0 bridgehead atoms. The van der Waals surface area contributed by atoms with Gasteiger partial charge in [-0.3, -0.25) is 14.4 Å². The van der Waals surface area contributed by atoms with E-state index < -0.39 is 10.0 Å². The molecular formula is C22H25ClFN3O3S. The van der Waals surface area contributed by atoms with Crippen molar-refractivity contribution < 1.29 is 17.6 Å². The molecule has 1 fully saturated rings. The number of carbonyl (C=O) groups excluding carboxylic acids is 1. The zero-order valence-corrected chi connectivity index (χ0v) is 19.0. The summed E-state index contributed by atoms with van der Waals surface area (Å²) in [6.45, 7) is 4.68. The molecule has 0 saturated carbocycles. The second kappa shape index (κ2) is 9.80. The lowest BCUT2D eigenvalue weighted by atomic mass is 10.1. The van der Waals surface area contributed by atoms with Gasteiger partial charge in [-0.2, -0.15) is 0 Å². The van der Waals surface area contributed by atoms with Gasteiger partial charge in [0.1, 0.15) is 5.82 Å². The number of rotatable bonds is 6. The van der Waals surface area contributed by atoms with Gasteiger partial charge in [0.25, 0.3) is 0 Å². The number of benzene rings is 2. The summed E-state index contributed by atoms with van der Waals surface area (Å²) in [7, 11) is -3.48. The summed E-state index contributed by atoms with van der Waals surface area (Å²) in [5.74, 6) is -0.399. The Kier molecular flexibility index (Phi) is 7.35. The molecule has 2 aromatic carbocycles. The van der Waals surface area contributed by atoms with Gasteiger partial charge in [0.15, 0.2) is 0 Å². The van der Waals surface area contributed by atoms with Gasteiger partial charge in [-0.1, -0.05) is 29.8 Å². The van der Waals surface area contributed by atoms with Crippen molar-refractivity contribution in [3.8, 4) is 0 Å². The topological polar surface area (TPSA) is 69.7 Å². The predicted molar refractivity (Wildman–Crippen MR) is 122 cm³/mol. The van der Waals surface area contributed by atoms with Gasteiger partial charge in [-0.15, -0.1) is 0 Å². The van der Waals surface area contributed by atoms with Gasteiger partial charge < -0.3 is 4.90 Å². The summed E-state index contributed by atoms with van der Waals surface area (Å²) in [5.41, 5.74) is 1.89. The van der Waals surface area contributed by atoms with Crippen LogP contribution in [0.5, 0.6) is 0 Å². The second-order valence-electron chi connectivity index (χ2n) is 7.68. The van der Waals surface area contributed by atoms with Gasteiger partial charge in [0.2, 0.25) is 15.9 Å². The summed E-state index contributed by atoms with van der Waals surface area (Å²) >= 11 is 5.97. The number of halogens is 2. The third-order valence-corrected chi connectivity index (χ3v) is 5.86. The number of sulfonamides is 1. The second-order valence-corrected chi connectivity index (χ2v) is 9.87. The Morgan fingerprint density at radius 3 is 2.58 bits per heavy atom. The molecule has 1 aliphatic heterocycles. The molecule has 0 aromatic heterocycles. The van der Waals surface area contributed by atoms with Crippen molar-refractivity contribution >= 4 is 39.3 Å². The Labute approximate surface area is 187 Å². The van der Waals surface area contributed by atoms with Gasteiger partial charge in [-0.25, -0.2) is 12.8 Å². The first-order valence-corrected chi connectivity index (χ1v) is 12.1. The zero-order valence-electron chi connectivity index (χ0n) is 17.4. The molecule has 0 radical (unpaired) electrons. The Morgan fingerprint density at radius 1 is 1.23 bits per heavy atom. The number of nitrogens with one attached hydrogen (secondary N) is 1. The Balaban J connectivity index is 1.64. The minimum absolute atomic E-state index is 0.00480. The van der Waals surface area contributed by atoms with Crippen LogP contribution in [0.15, 0.2) is 48.5 Å². The number of hydrogen-bond acceptors (Lipinski definition) is 4. The number of nitrogens with zero attached hydrogens (tertiary/aromatic N) is 2. The minimum atomic E-state index is -3.48. The van der Waals surface area contributed by atoms with E-state index >= 15 is 0 Å². The fraction of sp³-hybridized carbons (Fsp3) is 0.318. The third kappa shape index (κ3) is 6.78. The van der Waals surface area contributed by atoms with Crippen LogP contribution in [0.2, 0.25) is 5.02 Å². The van der Waals surface area contributed by atoms with Crippen LogP contribution < -0.4 is 4.72 Å². The monoisotopic (exact) mass is 465 g/mol. The summed E-state index contributed by atoms with van der Waals surface area (Å²) in [6, 6.07) is 11.2. The number of piperazine rings is 1. The van der Waals surface area contributed by atoms with Crippen LogP contribution in [-0.2, 0) is 21.4 Å². The molecule has 1 saturated heterocycles. The van der Waals surface area contributed by atoms with Crippen molar-refractivity contribution in [1.29, 1.82) is 0 Å². The Bertz CT molecular complexity index is 1070. The molecule has 1 N–H and O–H groups in total. The molecule has 0 spiro atoms. The number of anilines is 1. The van der Waals surface area contributed by atoms with Gasteiger partial charge >= 0.3 is 0 Å². The molecule has 31 heavy (non-hydrogen) atoms. The van der Waals surface area contributed by atoms with E-state index in [4.69, 9.17) is 11.6 Å². The SMILES string of the molecule is CC1CN(Cc2ccc(F)cc2)CCN1C(=O)C=Cc1ccc(Cl)cc1NS(C)(=O)=O. The van der Waals surface area contributed by atoms with Crippen LogP contribution in [0.1, 0.15) is 18.1 Å².